The molecule has 0 radical (unpaired) electrons. The van der Waals surface area contributed by atoms with Crippen molar-refractivity contribution in [3.05, 3.63) is 35.2 Å². The maximum absolute atomic E-state index is 13.2. The van der Waals surface area contributed by atoms with Crippen molar-refractivity contribution < 1.29 is 31.5 Å². The number of amides is 1. The van der Waals surface area contributed by atoms with E-state index in [4.69, 9.17) is 0 Å². The topological polar surface area (TPSA) is 51.2 Å². The molecule has 0 unspecified atom stereocenters. The number of ether oxygens (including phenoxy) is 1. The molecule has 2 aromatic rings. The van der Waals surface area contributed by atoms with Gasteiger partial charge in [-0.15, -0.1) is 11.3 Å². The minimum atomic E-state index is -4.53. The number of aromatic nitrogens is 1. The third kappa shape index (κ3) is 4.96. The lowest BCUT2D eigenvalue weighted by Gasteiger charge is -2.13. The van der Waals surface area contributed by atoms with Gasteiger partial charge in [-0.3, -0.25) is 10.1 Å². The fraction of sp³-hybridized carbons (Fsp3) is 0.286. The summed E-state index contributed by atoms with van der Waals surface area (Å²) in [4.78, 5) is 15.7. The number of halogens is 5. The molecule has 1 aromatic heterocycles. The summed E-state index contributed by atoms with van der Waals surface area (Å²) in [7, 11) is 0. The number of hydrogen-bond acceptors (Lipinski definition) is 4. The predicted octanol–water partition coefficient (Wildman–Crippen LogP) is 3.99. The van der Waals surface area contributed by atoms with Crippen LogP contribution < -0.4 is 5.32 Å². The maximum atomic E-state index is 13.2. The minimum Gasteiger partial charge on any atom is -0.359 e. The van der Waals surface area contributed by atoms with Gasteiger partial charge in [-0.2, -0.15) is 13.2 Å². The molecule has 1 amide bonds. The number of alkyl halides is 3. The van der Waals surface area contributed by atoms with Crippen LogP contribution in [0.2, 0.25) is 0 Å². The van der Waals surface area contributed by atoms with E-state index in [1.165, 1.54) is 18.4 Å². The van der Waals surface area contributed by atoms with Crippen LogP contribution in [0.5, 0.6) is 0 Å². The molecule has 2 rings (SSSR count). The summed E-state index contributed by atoms with van der Waals surface area (Å²) < 4.78 is 66.6. The molecule has 0 aliphatic heterocycles. The van der Waals surface area contributed by atoms with Gasteiger partial charge < -0.3 is 4.74 Å². The number of hydrogen-bond donors (Lipinski definition) is 1. The van der Waals surface area contributed by atoms with Crippen LogP contribution in [0.3, 0.4) is 0 Å². The second kappa shape index (κ2) is 7.22. The van der Waals surface area contributed by atoms with Crippen molar-refractivity contribution in [3.63, 3.8) is 0 Å². The Kier molecular flexibility index (Phi) is 5.50. The number of nitrogens with zero attached hydrogens (tertiary/aromatic N) is 1. The quantitative estimate of drug-likeness (QED) is 0.814. The van der Waals surface area contributed by atoms with Crippen LogP contribution in [0.1, 0.15) is 6.92 Å². The molecule has 0 spiro atoms. The normalized spacial score (nSPS) is 12.9. The zero-order valence-corrected chi connectivity index (χ0v) is 13.0. The van der Waals surface area contributed by atoms with Crippen LogP contribution in [-0.2, 0) is 9.53 Å². The molecule has 1 heterocycles. The summed E-state index contributed by atoms with van der Waals surface area (Å²) in [5.74, 6) is -2.84. The lowest BCUT2D eigenvalue weighted by Crippen LogP contribution is -2.31. The molecule has 1 aromatic carbocycles. The largest absolute Gasteiger partial charge is 0.411 e. The Bertz CT molecular complexity index is 732. The highest BCUT2D eigenvalue weighted by atomic mass is 32.1. The van der Waals surface area contributed by atoms with E-state index in [0.717, 1.165) is 23.5 Å². The maximum Gasteiger partial charge on any atom is 0.411 e. The van der Waals surface area contributed by atoms with Gasteiger partial charge in [0.05, 0.1) is 5.69 Å². The Labute approximate surface area is 137 Å². The Morgan fingerprint density at radius 2 is 2.04 bits per heavy atom. The predicted molar refractivity (Wildman–Crippen MR) is 77.6 cm³/mol. The first-order valence-electron chi connectivity index (χ1n) is 6.56. The number of carbonyl (C=O) groups is 1. The Morgan fingerprint density at radius 3 is 2.67 bits per heavy atom. The first-order chi connectivity index (χ1) is 11.2. The molecule has 1 atom stereocenters. The summed E-state index contributed by atoms with van der Waals surface area (Å²) in [6.45, 7) is -0.371. The van der Waals surface area contributed by atoms with E-state index < -0.39 is 36.4 Å². The SMILES string of the molecule is C[C@@H](OCC(F)(F)F)C(=O)Nc1nc(-c2ccc(F)c(F)c2)cs1. The van der Waals surface area contributed by atoms with Crippen molar-refractivity contribution in [2.24, 2.45) is 0 Å². The fourth-order valence-corrected chi connectivity index (χ4v) is 2.34. The van der Waals surface area contributed by atoms with Crippen LogP contribution in [0.4, 0.5) is 27.1 Å². The second-order valence-electron chi connectivity index (χ2n) is 4.72. The van der Waals surface area contributed by atoms with E-state index in [-0.39, 0.29) is 10.8 Å². The number of carbonyl (C=O) groups excluding carboxylic acids is 1. The Morgan fingerprint density at radius 1 is 1.33 bits per heavy atom. The molecule has 1 N–H and O–H groups in total. The van der Waals surface area contributed by atoms with Gasteiger partial charge >= 0.3 is 6.18 Å². The zero-order valence-electron chi connectivity index (χ0n) is 12.2. The van der Waals surface area contributed by atoms with Crippen LogP contribution in [0.15, 0.2) is 23.6 Å². The minimum absolute atomic E-state index is 0.0993. The van der Waals surface area contributed by atoms with Gasteiger partial charge in [0.15, 0.2) is 16.8 Å². The third-order valence-corrected chi connectivity index (χ3v) is 3.57. The van der Waals surface area contributed by atoms with E-state index in [0.29, 0.717) is 5.56 Å². The van der Waals surface area contributed by atoms with E-state index >= 15 is 0 Å². The molecule has 0 aliphatic carbocycles. The molecule has 0 saturated carbocycles. The number of rotatable bonds is 5. The fourth-order valence-electron chi connectivity index (χ4n) is 1.62. The average molecular weight is 366 g/mol. The monoisotopic (exact) mass is 366 g/mol. The van der Waals surface area contributed by atoms with Crippen LogP contribution in [-0.4, -0.2) is 29.8 Å². The van der Waals surface area contributed by atoms with Gasteiger partial charge in [0.1, 0.15) is 12.7 Å². The highest BCUT2D eigenvalue weighted by Gasteiger charge is 2.30. The number of thiazole rings is 1. The molecule has 10 heteroatoms. The molecule has 24 heavy (non-hydrogen) atoms. The standard InChI is InChI=1S/C14H11F5N2O2S/c1-7(23-6-14(17,18)19)12(22)21-13-20-11(5-24-13)8-2-3-9(15)10(16)4-8/h2-5,7H,6H2,1H3,(H,20,21,22)/t7-/m1/s1. The first kappa shape index (κ1) is 18.3. The van der Waals surface area contributed by atoms with E-state index in [9.17, 15) is 26.7 Å². The van der Waals surface area contributed by atoms with Gasteiger partial charge in [-0.25, -0.2) is 13.8 Å². The lowest BCUT2D eigenvalue weighted by molar-refractivity contribution is -0.184. The molecule has 0 saturated heterocycles. The highest BCUT2D eigenvalue weighted by Crippen LogP contribution is 2.26. The van der Waals surface area contributed by atoms with Crippen LogP contribution in [0.25, 0.3) is 11.3 Å². The molecular formula is C14H11F5N2O2S. The van der Waals surface area contributed by atoms with Crippen molar-refractivity contribution in [2.45, 2.75) is 19.2 Å². The number of anilines is 1. The summed E-state index contributed by atoms with van der Waals surface area (Å²) in [6.07, 6.45) is -5.86. The smallest absolute Gasteiger partial charge is 0.359 e. The van der Waals surface area contributed by atoms with Crippen molar-refractivity contribution in [2.75, 3.05) is 11.9 Å². The van der Waals surface area contributed by atoms with Crippen molar-refractivity contribution >= 4 is 22.4 Å². The third-order valence-electron chi connectivity index (χ3n) is 2.82. The summed E-state index contributed by atoms with van der Waals surface area (Å²) in [5, 5.41) is 3.89. The molecule has 0 aliphatic rings. The van der Waals surface area contributed by atoms with Gasteiger partial charge in [-0.05, 0) is 25.1 Å². The number of benzene rings is 1. The molecule has 0 fully saturated rings. The van der Waals surface area contributed by atoms with E-state index in [1.54, 1.807) is 0 Å². The molecule has 4 nitrogen and oxygen atoms in total. The first-order valence-corrected chi connectivity index (χ1v) is 7.44. The van der Waals surface area contributed by atoms with Gasteiger partial charge in [0, 0.05) is 10.9 Å². The Balaban J connectivity index is 2.00. The van der Waals surface area contributed by atoms with Crippen molar-refractivity contribution in [1.29, 1.82) is 0 Å². The highest BCUT2D eigenvalue weighted by molar-refractivity contribution is 7.14. The second-order valence-corrected chi connectivity index (χ2v) is 5.58. The average Bonchev–Trinajstić information content (AvgIpc) is 2.95. The van der Waals surface area contributed by atoms with E-state index in [2.05, 4.69) is 15.0 Å². The summed E-state index contributed by atoms with van der Waals surface area (Å²) in [5.41, 5.74) is 0.588. The lowest BCUT2D eigenvalue weighted by atomic mass is 10.2. The summed E-state index contributed by atoms with van der Waals surface area (Å²) in [6, 6.07) is 3.20. The van der Waals surface area contributed by atoms with Crippen LogP contribution >= 0.6 is 11.3 Å². The summed E-state index contributed by atoms with van der Waals surface area (Å²) >= 11 is 0.987. The van der Waals surface area contributed by atoms with Gasteiger partial charge in [0.2, 0.25) is 0 Å². The van der Waals surface area contributed by atoms with Crippen molar-refractivity contribution in [1.82, 2.24) is 4.98 Å². The zero-order chi connectivity index (χ0) is 17.9. The number of nitrogens with one attached hydrogen (secondary N) is 1. The molecular weight excluding hydrogens is 355 g/mol. The van der Waals surface area contributed by atoms with Gasteiger partial charge in [0.25, 0.3) is 5.91 Å². The van der Waals surface area contributed by atoms with E-state index in [1.807, 2.05) is 0 Å². The van der Waals surface area contributed by atoms with Crippen molar-refractivity contribution in [3.8, 4) is 11.3 Å². The van der Waals surface area contributed by atoms with Gasteiger partial charge in [-0.1, -0.05) is 0 Å². The molecule has 130 valence electrons. The Hall–Kier alpha value is -2.07. The van der Waals surface area contributed by atoms with Crippen LogP contribution in [0, 0.1) is 11.6 Å². The molecule has 0 bridgehead atoms.